The molecule has 1 saturated heterocycles. The van der Waals surface area contributed by atoms with Crippen LogP contribution in [-0.4, -0.2) is 55.5 Å². The summed E-state index contributed by atoms with van der Waals surface area (Å²) >= 11 is 5.92. The Hall–Kier alpha value is -1.26. The summed E-state index contributed by atoms with van der Waals surface area (Å²) in [4.78, 5) is 16.4. The molecule has 0 bridgehead atoms. The minimum atomic E-state index is 0.216. The van der Waals surface area contributed by atoms with E-state index in [4.69, 9.17) is 16.3 Å². The van der Waals surface area contributed by atoms with E-state index in [1.54, 1.807) is 6.07 Å². The summed E-state index contributed by atoms with van der Waals surface area (Å²) in [5.41, 5.74) is 0. The third kappa shape index (κ3) is 6.04. The molecule has 0 aliphatic carbocycles. The third-order valence-electron chi connectivity index (χ3n) is 4.16. The second-order valence-electron chi connectivity index (χ2n) is 6.79. The monoisotopic (exact) mass is 338 g/mol. The Morgan fingerprint density at radius 1 is 1.35 bits per heavy atom. The summed E-state index contributed by atoms with van der Waals surface area (Å²) in [6.07, 6.45) is 1.22. The van der Waals surface area contributed by atoms with Gasteiger partial charge in [0.1, 0.15) is 12.4 Å². The first-order valence-corrected chi connectivity index (χ1v) is 8.66. The standard InChI is InChI=1S/C18H27ClN2O2/c1-14-9-15(2)12-21(11-14)18(22)13-20(3)7-8-23-17-6-4-5-16(19)10-17/h4-6,10,14-15H,7-9,11-13H2,1-3H3. The number of carbonyl (C=O) groups excluding carboxylic acids is 1. The molecule has 1 aliphatic rings. The molecule has 2 unspecified atom stereocenters. The average molecular weight is 339 g/mol. The molecule has 1 aliphatic heterocycles. The van der Waals surface area contributed by atoms with Gasteiger partial charge in [-0.2, -0.15) is 0 Å². The average Bonchev–Trinajstić information content (AvgIpc) is 2.46. The van der Waals surface area contributed by atoms with E-state index in [0.717, 1.165) is 18.8 Å². The van der Waals surface area contributed by atoms with Crippen LogP contribution in [0.25, 0.3) is 0 Å². The zero-order valence-electron chi connectivity index (χ0n) is 14.3. The van der Waals surface area contributed by atoms with Crippen molar-refractivity contribution < 1.29 is 9.53 Å². The van der Waals surface area contributed by atoms with Gasteiger partial charge in [0.15, 0.2) is 0 Å². The van der Waals surface area contributed by atoms with Crippen molar-refractivity contribution >= 4 is 17.5 Å². The molecule has 2 rings (SSSR count). The maximum Gasteiger partial charge on any atom is 0.236 e. The van der Waals surface area contributed by atoms with Crippen molar-refractivity contribution in [2.24, 2.45) is 11.8 Å². The molecule has 1 fully saturated rings. The van der Waals surface area contributed by atoms with E-state index in [0.29, 0.717) is 36.6 Å². The number of halogens is 1. The van der Waals surface area contributed by atoms with Gasteiger partial charge in [-0.3, -0.25) is 9.69 Å². The number of nitrogens with zero attached hydrogens (tertiary/aromatic N) is 2. The Bertz CT molecular complexity index is 513. The van der Waals surface area contributed by atoms with Crippen LogP contribution in [-0.2, 0) is 4.79 Å². The fourth-order valence-corrected chi connectivity index (χ4v) is 3.33. The van der Waals surface area contributed by atoms with Crippen molar-refractivity contribution in [3.63, 3.8) is 0 Å². The van der Waals surface area contributed by atoms with Crippen LogP contribution in [0.4, 0.5) is 0 Å². The van der Waals surface area contributed by atoms with Gasteiger partial charge < -0.3 is 9.64 Å². The van der Waals surface area contributed by atoms with Gasteiger partial charge >= 0.3 is 0 Å². The predicted molar refractivity (Wildman–Crippen MR) is 94.0 cm³/mol. The Labute approximate surface area is 144 Å². The van der Waals surface area contributed by atoms with Crippen LogP contribution in [0.3, 0.4) is 0 Å². The molecule has 5 heteroatoms. The topological polar surface area (TPSA) is 32.8 Å². The van der Waals surface area contributed by atoms with E-state index >= 15 is 0 Å². The zero-order valence-corrected chi connectivity index (χ0v) is 15.1. The summed E-state index contributed by atoms with van der Waals surface area (Å²) in [5, 5.41) is 0.666. The van der Waals surface area contributed by atoms with Gasteiger partial charge in [0.2, 0.25) is 5.91 Å². The number of amides is 1. The van der Waals surface area contributed by atoms with Crippen molar-refractivity contribution in [2.75, 3.05) is 39.8 Å². The quantitative estimate of drug-likeness (QED) is 0.798. The number of hydrogen-bond donors (Lipinski definition) is 0. The number of piperidine rings is 1. The highest BCUT2D eigenvalue weighted by atomic mass is 35.5. The molecule has 0 radical (unpaired) electrons. The van der Waals surface area contributed by atoms with E-state index in [2.05, 4.69) is 13.8 Å². The van der Waals surface area contributed by atoms with Gasteiger partial charge in [-0.05, 0) is 43.5 Å². The van der Waals surface area contributed by atoms with Crippen LogP contribution in [0.5, 0.6) is 5.75 Å². The highest BCUT2D eigenvalue weighted by Gasteiger charge is 2.25. The Morgan fingerprint density at radius 2 is 2.04 bits per heavy atom. The first-order valence-electron chi connectivity index (χ1n) is 8.28. The number of likely N-dealkylation sites (tertiary alicyclic amines) is 1. The Balaban J connectivity index is 1.71. The predicted octanol–water partition coefficient (Wildman–Crippen LogP) is 3.16. The van der Waals surface area contributed by atoms with Crippen molar-refractivity contribution in [3.8, 4) is 5.75 Å². The lowest BCUT2D eigenvalue weighted by Crippen LogP contribution is -2.46. The van der Waals surface area contributed by atoms with Crippen molar-refractivity contribution in [3.05, 3.63) is 29.3 Å². The Kier molecular flexibility index (Phi) is 6.72. The first-order chi connectivity index (χ1) is 10.9. The lowest BCUT2D eigenvalue weighted by atomic mass is 9.92. The molecule has 128 valence electrons. The van der Waals surface area contributed by atoms with Crippen LogP contribution in [0, 0.1) is 11.8 Å². The molecule has 1 heterocycles. The van der Waals surface area contributed by atoms with Crippen LogP contribution in [0.2, 0.25) is 5.02 Å². The lowest BCUT2D eigenvalue weighted by Gasteiger charge is -2.35. The van der Waals surface area contributed by atoms with Crippen LogP contribution in [0.1, 0.15) is 20.3 Å². The third-order valence-corrected chi connectivity index (χ3v) is 4.40. The molecule has 0 spiro atoms. The number of ether oxygens (including phenoxy) is 1. The molecular formula is C18H27ClN2O2. The summed E-state index contributed by atoms with van der Waals surface area (Å²) in [5.74, 6) is 2.17. The zero-order chi connectivity index (χ0) is 16.8. The lowest BCUT2D eigenvalue weighted by molar-refractivity contribution is -0.134. The molecule has 0 aromatic heterocycles. The summed E-state index contributed by atoms with van der Waals surface area (Å²) in [6, 6.07) is 7.36. The maximum absolute atomic E-state index is 12.4. The highest BCUT2D eigenvalue weighted by Crippen LogP contribution is 2.21. The molecule has 23 heavy (non-hydrogen) atoms. The molecule has 1 aromatic carbocycles. The first kappa shape index (κ1) is 18.1. The van der Waals surface area contributed by atoms with E-state index in [9.17, 15) is 4.79 Å². The van der Waals surface area contributed by atoms with E-state index in [-0.39, 0.29) is 5.91 Å². The largest absolute Gasteiger partial charge is 0.492 e. The summed E-state index contributed by atoms with van der Waals surface area (Å²) in [7, 11) is 1.95. The molecule has 4 nitrogen and oxygen atoms in total. The van der Waals surface area contributed by atoms with Gasteiger partial charge in [0, 0.05) is 24.7 Å². The van der Waals surface area contributed by atoms with E-state index in [1.807, 2.05) is 35.0 Å². The number of carbonyl (C=O) groups is 1. The van der Waals surface area contributed by atoms with E-state index < -0.39 is 0 Å². The maximum atomic E-state index is 12.4. The van der Waals surface area contributed by atoms with Gasteiger partial charge in [0.05, 0.1) is 6.54 Å². The van der Waals surface area contributed by atoms with Crippen LogP contribution >= 0.6 is 11.6 Å². The molecule has 1 amide bonds. The van der Waals surface area contributed by atoms with Crippen molar-refractivity contribution in [2.45, 2.75) is 20.3 Å². The number of rotatable bonds is 6. The van der Waals surface area contributed by atoms with Gasteiger partial charge in [-0.15, -0.1) is 0 Å². The number of likely N-dealkylation sites (N-methyl/N-ethyl adjacent to an activating group) is 1. The van der Waals surface area contributed by atoms with Crippen LogP contribution in [0.15, 0.2) is 24.3 Å². The number of benzene rings is 1. The second kappa shape index (κ2) is 8.55. The molecule has 2 atom stereocenters. The molecule has 0 saturated carbocycles. The fraction of sp³-hybridized carbons (Fsp3) is 0.611. The van der Waals surface area contributed by atoms with E-state index in [1.165, 1.54) is 6.42 Å². The highest BCUT2D eigenvalue weighted by molar-refractivity contribution is 6.30. The van der Waals surface area contributed by atoms with Crippen molar-refractivity contribution in [1.29, 1.82) is 0 Å². The fourth-order valence-electron chi connectivity index (χ4n) is 3.15. The van der Waals surface area contributed by atoms with Crippen LogP contribution < -0.4 is 4.74 Å². The molecule has 0 N–H and O–H groups in total. The molecule has 1 aromatic rings. The Morgan fingerprint density at radius 3 is 2.70 bits per heavy atom. The SMILES string of the molecule is CC1CC(C)CN(C(=O)CN(C)CCOc2cccc(Cl)c2)C1. The van der Waals surface area contributed by atoms with Crippen molar-refractivity contribution in [1.82, 2.24) is 9.80 Å². The summed E-state index contributed by atoms with van der Waals surface area (Å²) < 4.78 is 5.67. The minimum absolute atomic E-state index is 0.216. The smallest absolute Gasteiger partial charge is 0.236 e. The minimum Gasteiger partial charge on any atom is -0.492 e. The van der Waals surface area contributed by atoms with Gasteiger partial charge in [-0.25, -0.2) is 0 Å². The van der Waals surface area contributed by atoms with Gasteiger partial charge in [0.25, 0.3) is 0 Å². The van der Waals surface area contributed by atoms with Gasteiger partial charge in [-0.1, -0.05) is 31.5 Å². The summed E-state index contributed by atoms with van der Waals surface area (Å²) in [6.45, 7) is 7.90. The second-order valence-corrected chi connectivity index (χ2v) is 7.22. The number of hydrogen-bond acceptors (Lipinski definition) is 3. The molecular weight excluding hydrogens is 312 g/mol. The normalized spacial score (nSPS) is 21.5.